The van der Waals surface area contributed by atoms with Crippen molar-refractivity contribution in [3.8, 4) is 0 Å². The van der Waals surface area contributed by atoms with Crippen molar-refractivity contribution in [1.82, 2.24) is 4.90 Å². The number of halogens is 1. The molecule has 2 rings (SSSR count). The first-order chi connectivity index (χ1) is 9.99. The van der Waals surface area contributed by atoms with E-state index < -0.39 is 5.82 Å². The lowest BCUT2D eigenvalue weighted by atomic mass is 10.1. The molecule has 110 valence electrons. The Morgan fingerprint density at radius 3 is 2.43 bits per heavy atom. The van der Waals surface area contributed by atoms with E-state index >= 15 is 0 Å². The Morgan fingerprint density at radius 1 is 1.19 bits per heavy atom. The van der Waals surface area contributed by atoms with Crippen molar-refractivity contribution in [2.45, 2.75) is 26.4 Å². The Balaban J connectivity index is 2.25. The average Bonchev–Trinajstić information content (AvgIpc) is 2.47. The molecule has 0 aliphatic rings. The van der Waals surface area contributed by atoms with Crippen LogP contribution in [0.4, 0.5) is 10.1 Å². The van der Waals surface area contributed by atoms with E-state index in [1.54, 1.807) is 4.90 Å². The maximum Gasteiger partial charge on any atom is 0.254 e. The predicted octanol–water partition coefficient (Wildman–Crippen LogP) is 3.46. The number of hydrogen-bond acceptors (Lipinski definition) is 2. The zero-order chi connectivity index (χ0) is 15.4. The second-order valence-corrected chi connectivity index (χ2v) is 5.25. The molecule has 2 aromatic carbocycles. The second-order valence-electron chi connectivity index (χ2n) is 5.25. The Morgan fingerprint density at radius 2 is 1.86 bits per heavy atom. The zero-order valence-corrected chi connectivity index (χ0v) is 12.2. The number of carbonyl (C=O) groups excluding carboxylic acids is 1. The predicted molar refractivity (Wildman–Crippen MR) is 82.3 cm³/mol. The molecule has 0 unspecified atom stereocenters. The van der Waals surface area contributed by atoms with Gasteiger partial charge in [-0.2, -0.15) is 0 Å². The fourth-order valence-corrected chi connectivity index (χ4v) is 2.11. The second kappa shape index (κ2) is 6.39. The summed E-state index contributed by atoms with van der Waals surface area (Å²) in [5.41, 5.74) is 6.98. The van der Waals surface area contributed by atoms with Crippen molar-refractivity contribution in [3.63, 3.8) is 0 Å². The van der Waals surface area contributed by atoms with Crippen LogP contribution in [0, 0.1) is 5.82 Å². The van der Waals surface area contributed by atoms with Crippen LogP contribution in [0.2, 0.25) is 0 Å². The lowest BCUT2D eigenvalue weighted by Gasteiger charge is -2.27. The van der Waals surface area contributed by atoms with E-state index in [1.165, 1.54) is 18.2 Å². The Bertz CT molecular complexity index is 626. The Hall–Kier alpha value is -2.36. The molecule has 0 atom stereocenters. The first-order valence-corrected chi connectivity index (χ1v) is 6.89. The normalized spacial score (nSPS) is 10.7. The summed E-state index contributed by atoms with van der Waals surface area (Å²) in [7, 11) is 0. The third kappa shape index (κ3) is 3.60. The number of carbonyl (C=O) groups is 1. The maximum atomic E-state index is 13.2. The summed E-state index contributed by atoms with van der Waals surface area (Å²) in [5.74, 6) is -0.661. The highest BCUT2D eigenvalue weighted by Gasteiger charge is 2.19. The topological polar surface area (TPSA) is 46.3 Å². The van der Waals surface area contributed by atoms with Crippen LogP contribution in [0.15, 0.2) is 48.5 Å². The number of benzene rings is 2. The van der Waals surface area contributed by atoms with Crippen LogP contribution in [0.5, 0.6) is 0 Å². The Labute approximate surface area is 124 Å². The molecule has 0 radical (unpaired) electrons. The van der Waals surface area contributed by atoms with Crippen molar-refractivity contribution in [1.29, 1.82) is 0 Å². The highest BCUT2D eigenvalue weighted by molar-refractivity contribution is 5.95. The SMILES string of the molecule is CC(C)N(Cc1ccccc1)C(=O)c1ccc(F)c(N)c1. The summed E-state index contributed by atoms with van der Waals surface area (Å²) in [6, 6.07) is 13.9. The van der Waals surface area contributed by atoms with Crippen LogP contribution in [-0.4, -0.2) is 16.8 Å². The molecule has 0 saturated carbocycles. The molecule has 0 saturated heterocycles. The molecule has 0 spiro atoms. The van der Waals surface area contributed by atoms with Gasteiger partial charge in [0, 0.05) is 18.2 Å². The van der Waals surface area contributed by atoms with Crippen LogP contribution in [-0.2, 0) is 6.54 Å². The van der Waals surface area contributed by atoms with Gasteiger partial charge in [-0.25, -0.2) is 4.39 Å². The third-order valence-corrected chi connectivity index (χ3v) is 3.32. The molecule has 0 heterocycles. The number of amides is 1. The largest absolute Gasteiger partial charge is 0.396 e. The molecule has 4 heteroatoms. The van der Waals surface area contributed by atoms with E-state index in [-0.39, 0.29) is 17.6 Å². The van der Waals surface area contributed by atoms with Gasteiger partial charge in [-0.1, -0.05) is 30.3 Å². The van der Waals surface area contributed by atoms with Crippen LogP contribution in [0.3, 0.4) is 0 Å². The molecule has 0 aliphatic carbocycles. The summed E-state index contributed by atoms with van der Waals surface area (Å²) in [6.07, 6.45) is 0. The van der Waals surface area contributed by atoms with Crippen LogP contribution in [0.1, 0.15) is 29.8 Å². The standard InChI is InChI=1S/C17H19FN2O/c1-12(2)20(11-13-6-4-3-5-7-13)17(21)14-8-9-15(18)16(19)10-14/h3-10,12H,11,19H2,1-2H3. The smallest absolute Gasteiger partial charge is 0.254 e. The van der Waals surface area contributed by atoms with Crippen LogP contribution < -0.4 is 5.73 Å². The summed E-state index contributed by atoms with van der Waals surface area (Å²) in [5, 5.41) is 0. The average molecular weight is 286 g/mol. The van der Waals surface area contributed by atoms with Gasteiger partial charge in [0.2, 0.25) is 0 Å². The van der Waals surface area contributed by atoms with Crippen molar-refractivity contribution in [2.75, 3.05) is 5.73 Å². The first kappa shape index (κ1) is 15.0. The number of nitrogens with zero attached hydrogens (tertiary/aromatic N) is 1. The quantitative estimate of drug-likeness (QED) is 0.875. The molecule has 21 heavy (non-hydrogen) atoms. The van der Waals surface area contributed by atoms with Gasteiger partial charge in [-0.15, -0.1) is 0 Å². The molecule has 0 fully saturated rings. The lowest BCUT2D eigenvalue weighted by molar-refractivity contribution is 0.0690. The van der Waals surface area contributed by atoms with Gasteiger partial charge in [0.25, 0.3) is 5.91 Å². The van der Waals surface area contributed by atoms with E-state index in [2.05, 4.69) is 0 Å². The van der Waals surface area contributed by atoms with Gasteiger partial charge in [-0.05, 0) is 37.6 Å². The fraction of sp³-hybridized carbons (Fsp3) is 0.235. The van der Waals surface area contributed by atoms with E-state index in [0.29, 0.717) is 12.1 Å². The minimum absolute atomic E-state index is 0.00994. The molecule has 0 aromatic heterocycles. The summed E-state index contributed by atoms with van der Waals surface area (Å²) in [6.45, 7) is 4.41. The zero-order valence-electron chi connectivity index (χ0n) is 12.2. The molecule has 1 amide bonds. The number of rotatable bonds is 4. The number of anilines is 1. The highest BCUT2D eigenvalue weighted by Crippen LogP contribution is 2.17. The van der Waals surface area contributed by atoms with Crippen molar-refractivity contribution in [3.05, 3.63) is 65.5 Å². The molecule has 2 N–H and O–H groups in total. The Kier molecular flexibility index (Phi) is 4.58. The summed E-state index contributed by atoms with van der Waals surface area (Å²) in [4.78, 5) is 14.3. The molecule has 3 nitrogen and oxygen atoms in total. The van der Waals surface area contributed by atoms with Crippen molar-refractivity contribution in [2.24, 2.45) is 0 Å². The minimum Gasteiger partial charge on any atom is -0.396 e. The monoisotopic (exact) mass is 286 g/mol. The van der Waals surface area contributed by atoms with E-state index in [1.807, 2.05) is 44.2 Å². The van der Waals surface area contributed by atoms with Gasteiger partial charge in [0.05, 0.1) is 5.69 Å². The third-order valence-electron chi connectivity index (χ3n) is 3.32. The van der Waals surface area contributed by atoms with Crippen LogP contribution >= 0.6 is 0 Å². The van der Waals surface area contributed by atoms with E-state index in [4.69, 9.17) is 5.73 Å². The molecular formula is C17H19FN2O. The summed E-state index contributed by atoms with van der Waals surface area (Å²) < 4.78 is 13.2. The van der Waals surface area contributed by atoms with Gasteiger partial charge < -0.3 is 10.6 Å². The fourth-order valence-electron chi connectivity index (χ4n) is 2.11. The van der Waals surface area contributed by atoms with Gasteiger partial charge >= 0.3 is 0 Å². The minimum atomic E-state index is -0.509. The number of hydrogen-bond donors (Lipinski definition) is 1. The van der Waals surface area contributed by atoms with Gasteiger partial charge in [0.15, 0.2) is 0 Å². The van der Waals surface area contributed by atoms with Crippen LogP contribution in [0.25, 0.3) is 0 Å². The molecule has 2 aromatic rings. The number of nitrogens with two attached hydrogens (primary N) is 1. The molecule has 0 aliphatic heterocycles. The molecule has 0 bridgehead atoms. The van der Waals surface area contributed by atoms with Gasteiger partial charge in [0.1, 0.15) is 5.82 Å². The van der Waals surface area contributed by atoms with Crippen molar-refractivity contribution < 1.29 is 9.18 Å². The summed E-state index contributed by atoms with van der Waals surface area (Å²) >= 11 is 0. The van der Waals surface area contributed by atoms with Gasteiger partial charge in [-0.3, -0.25) is 4.79 Å². The van der Waals surface area contributed by atoms with E-state index in [9.17, 15) is 9.18 Å². The van der Waals surface area contributed by atoms with Crippen molar-refractivity contribution >= 4 is 11.6 Å². The number of nitrogen functional groups attached to an aromatic ring is 1. The van der Waals surface area contributed by atoms with E-state index in [0.717, 1.165) is 5.56 Å². The lowest BCUT2D eigenvalue weighted by Crippen LogP contribution is -2.36. The highest BCUT2D eigenvalue weighted by atomic mass is 19.1. The first-order valence-electron chi connectivity index (χ1n) is 6.89. The maximum absolute atomic E-state index is 13.2. The molecular weight excluding hydrogens is 267 g/mol.